The van der Waals surface area contributed by atoms with Crippen molar-refractivity contribution in [3.8, 4) is 5.75 Å². The van der Waals surface area contributed by atoms with Crippen LogP contribution in [0.4, 0.5) is 0 Å². The molecule has 0 amide bonds. The Labute approximate surface area is 83.5 Å². The number of benzene rings is 1. The molecule has 0 saturated heterocycles. The average molecular weight is 193 g/mol. The van der Waals surface area contributed by atoms with Crippen molar-refractivity contribution in [2.45, 2.75) is 18.9 Å². The molecule has 0 bridgehead atoms. The fraction of sp³-hybridized carbons (Fsp3) is 0.455. The van der Waals surface area contributed by atoms with Gasteiger partial charge in [0.2, 0.25) is 0 Å². The molecule has 0 aliphatic carbocycles. The Kier molecular flexibility index (Phi) is 2.70. The molecule has 0 fully saturated rings. The summed E-state index contributed by atoms with van der Waals surface area (Å²) in [7, 11) is 0. The summed E-state index contributed by atoms with van der Waals surface area (Å²) in [6.07, 6.45) is 1.17. The van der Waals surface area contributed by atoms with Gasteiger partial charge in [-0.05, 0) is 23.6 Å². The first kappa shape index (κ1) is 9.49. The van der Waals surface area contributed by atoms with Gasteiger partial charge >= 0.3 is 0 Å². The van der Waals surface area contributed by atoms with Crippen LogP contribution in [0.5, 0.6) is 5.75 Å². The van der Waals surface area contributed by atoms with Crippen LogP contribution in [0, 0.1) is 0 Å². The maximum Gasteiger partial charge on any atom is 0.122 e. The molecule has 1 aromatic rings. The smallest absolute Gasteiger partial charge is 0.122 e. The van der Waals surface area contributed by atoms with Crippen molar-refractivity contribution in [2.75, 3.05) is 13.2 Å². The predicted molar refractivity (Wildman–Crippen MR) is 54.4 cm³/mol. The van der Waals surface area contributed by atoms with Crippen LogP contribution >= 0.6 is 0 Å². The number of aliphatic hydroxyl groups is 1. The molecule has 0 unspecified atom stereocenters. The average Bonchev–Trinajstić information content (AvgIpc) is 2.64. The molecule has 3 heteroatoms. The summed E-state index contributed by atoms with van der Waals surface area (Å²) in [6, 6.07) is 6.06. The fourth-order valence-corrected chi connectivity index (χ4v) is 1.72. The molecule has 3 N–H and O–H groups in total. The van der Waals surface area contributed by atoms with Crippen LogP contribution in [0.2, 0.25) is 0 Å². The quantitative estimate of drug-likeness (QED) is 0.734. The summed E-state index contributed by atoms with van der Waals surface area (Å²) in [6.45, 7) is 1.09. The van der Waals surface area contributed by atoms with E-state index in [-0.39, 0.29) is 0 Å². The molecule has 1 aliphatic heterocycles. The summed E-state index contributed by atoms with van der Waals surface area (Å²) < 4.78 is 5.40. The van der Waals surface area contributed by atoms with Crippen molar-refractivity contribution >= 4 is 0 Å². The van der Waals surface area contributed by atoms with E-state index >= 15 is 0 Å². The number of hydrogen-bond acceptors (Lipinski definition) is 3. The fourth-order valence-electron chi connectivity index (χ4n) is 1.72. The van der Waals surface area contributed by atoms with E-state index in [4.69, 9.17) is 10.5 Å². The highest BCUT2D eigenvalue weighted by atomic mass is 16.5. The first-order chi connectivity index (χ1) is 6.79. The molecular weight excluding hydrogens is 178 g/mol. The van der Waals surface area contributed by atoms with Crippen molar-refractivity contribution in [2.24, 2.45) is 5.73 Å². The van der Waals surface area contributed by atoms with E-state index in [9.17, 15) is 5.11 Å². The zero-order valence-electron chi connectivity index (χ0n) is 8.07. The number of nitrogens with two attached hydrogens (primary N) is 1. The Morgan fingerprint density at radius 2 is 2.36 bits per heavy atom. The summed E-state index contributed by atoms with van der Waals surface area (Å²) in [5.74, 6) is 0.982. The standard InChI is InChI=1S/C11H15NO2/c12-7-10(13)6-8-1-2-11-9(5-8)3-4-14-11/h1-2,5,10,13H,3-4,6-7,12H2/t10-/m1/s1. The number of rotatable bonds is 3. The zero-order valence-corrected chi connectivity index (χ0v) is 8.07. The molecule has 0 aromatic heterocycles. The van der Waals surface area contributed by atoms with Gasteiger partial charge in [-0.2, -0.15) is 0 Å². The highest BCUT2D eigenvalue weighted by Crippen LogP contribution is 2.26. The van der Waals surface area contributed by atoms with Crippen molar-refractivity contribution in [3.05, 3.63) is 29.3 Å². The predicted octanol–water partition coefficient (Wildman–Crippen LogP) is 0.484. The van der Waals surface area contributed by atoms with Crippen molar-refractivity contribution in [1.29, 1.82) is 0 Å². The highest BCUT2D eigenvalue weighted by molar-refractivity contribution is 5.39. The lowest BCUT2D eigenvalue weighted by molar-refractivity contribution is 0.183. The lowest BCUT2D eigenvalue weighted by atomic mass is 10.0. The summed E-state index contributed by atoms with van der Waals surface area (Å²) in [5.41, 5.74) is 7.73. The zero-order chi connectivity index (χ0) is 9.97. The Balaban J connectivity index is 2.12. The minimum absolute atomic E-state index is 0.313. The summed E-state index contributed by atoms with van der Waals surface area (Å²) in [5, 5.41) is 9.40. The second-order valence-corrected chi connectivity index (χ2v) is 3.63. The lowest BCUT2D eigenvalue weighted by Gasteiger charge is -2.08. The van der Waals surface area contributed by atoms with Crippen molar-refractivity contribution < 1.29 is 9.84 Å². The summed E-state index contributed by atoms with van der Waals surface area (Å²) in [4.78, 5) is 0. The molecule has 1 heterocycles. The van der Waals surface area contributed by atoms with Gasteiger partial charge in [-0.25, -0.2) is 0 Å². The molecule has 1 aliphatic rings. The van der Waals surface area contributed by atoms with E-state index in [1.165, 1.54) is 5.56 Å². The maximum absolute atomic E-state index is 9.40. The molecule has 1 atom stereocenters. The van der Waals surface area contributed by atoms with Crippen LogP contribution in [-0.4, -0.2) is 24.4 Å². The lowest BCUT2D eigenvalue weighted by Crippen LogP contribution is -2.21. The van der Waals surface area contributed by atoms with Crippen LogP contribution in [-0.2, 0) is 12.8 Å². The Hall–Kier alpha value is -1.06. The third-order valence-electron chi connectivity index (χ3n) is 2.50. The topological polar surface area (TPSA) is 55.5 Å². The second kappa shape index (κ2) is 3.98. The molecule has 0 spiro atoms. The van der Waals surface area contributed by atoms with Gasteiger partial charge in [0.05, 0.1) is 12.7 Å². The van der Waals surface area contributed by atoms with E-state index in [1.807, 2.05) is 12.1 Å². The Bertz CT molecular complexity index is 325. The van der Waals surface area contributed by atoms with Crippen LogP contribution in [0.25, 0.3) is 0 Å². The van der Waals surface area contributed by atoms with Crippen LogP contribution in [0.3, 0.4) is 0 Å². The molecular formula is C11H15NO2. The van der Waals surface area contributed by atoms with Gasteiger partial charge in [0, 0.05) is 13.0 Å². The van der Waals surface area contributed by atoms with Gasteiger partial charge in [0.25, 0.3) is 0 Å². The number of aliphatic hydroxyl groups excluding tert-OH is 1. The third-order valence-corrected chi connectivity index (χ3v) is 2.50. The van der Waals surface area contributed by atoms with E-state index in [1.54, 1.807) is 0 Å². The highest BCUT2D eigenvalue weighted by Gasteiger charge is 2.12. The van der Waals surface area contributed by atoms with Gasteiger partial charge < -0.3 is 15.6 Å². The first-order valence-electron chi connectivity index (χ1n) is 4.92. The number of ether oxygens (including phenoxy) is 1. The van der Waals surface area contributed by atoms with E-state index < -0.39 is 6.10 Å². The summed E-state index contributed by atoms with van der Waals surface area (Å²) >= 11 is 0. The van der Waals surface area contributed by atoms with Gasteiger partial charge in [0.15, 0.2) is 0 Å². The molecule has 14 heavy (non-hydrogen) atoms. The van der Waals surface area contributed by atoms with Crippen molar-refractivity contribution in [3.63, 3.8) is 0 Å². The molecule has 2 rings (SSSR count). The molecule has 0 radical (unpaired) electrons. The van der Waals surface area contributed by atoms with Gasteiger partial charge in [0.1, 0.15) is 5.75 Å². The maximum atomic E-state index is 9.40. The Morgan fingerprint density at radius 1 is 1.50 bits per heavy atom. The number of fused-ring (bicyclic) bond motifs is 1. The van der Waals surface area contributed by atoms with Crippen LogP contribution in [0.15, 0.2) is 18.2 Å². The number of hydrogen-bond donors (Lipinski definition) is 2. The van der Waals surface area contributed by atoms with E-state index in [2.05, 4.69) is 6.07 Å². The van der Waals surface area contributed by atoms with Gasteiger partial charge in [-0.15, -0.1) is 0 Å². The molecule has 1 aromatic carbocycles. The minimum Gasteiger partial charge on any atom is -0.493 e. The minimum atomic E-state index is -0.435. The molecule has 76 valence electrons. The molecule has 0 saturated carbocycles. The van der Waals surface area contributed by atoms with Crippen LogP contribution < -0.4 is 10.5 Å². The van der Waals surface area contributed by atoms with Crippen molar-refractivity contribution in [1.82, 2.24) is 0 Å². The monoisotopic (exact) mass is 193 g/mol. The normalized spacial score (nSPS) is 16.1. The largest absolute Gasteiger partial charge is 0.493 e. The first-order valence-corrected chi connectivity index (χ1v) is 4.92. The SMILES string of the molecule is NC[C@H](O)Cc1ccc2c(c1)CCO2. The van der Waals surface area contributed by atoms with Gasteiger partial charge in [-0.3, -0.25) is 0 Å². The second-order valence-electron chi connectivity index (χ2n) is 3.63. The molecule has 3 nitrogen and oxygen atoms in total. The third kappa shape index (κ3) is 1.89. The van der Waals surface area contributed by atoms with E-state index in [0.717, 1.165) is 24.3 Å². The Morgan fingerprint density at radius 3 is 3.14 bits per heavy atom. The van der Waals surface area contributed by atoms with E-state index in [0.29, 0.717) is 13.0 Å². The van der Waals surface area contributed by atoms with Crippen LogP contribution in [0.1, 0.15) is 11.1 Å². The van der Waals surface area contributed by atoms with Gasteiger partial charge in [-0.1, -0.05) is 12.1 Å².